The Labute approximate surface area is 108 Å². The first kappa shape index (κ1) is 13.6. The highest BCUT2D eigenvalue weighted by Crippen LogP contribution is 2.34. The minimum atomic E-state index is -4.78. The fourth-order valence-electron chi connectivity index (χ4n) is 0.987. The van der Waals surface area contributed by atoms with Crippen LogP contribution in [-0.2, 0) is 5.88 Å². The van der Waals surface area contributed by atoms with E-state index in [1.165, 1.54) is 13.3 Å². The molecule has 1 aromatic heterocycles. The van der Waals surface area contributed by atoms with Gasteiger partial charge < -0.3 is 9.47 Å². The predicted octanol–water partition coefficient (Wildman–Crippen LogP) is 3.33. The minimum Gasteiger partial charge on any atom is -0.495 e. The van der Waals surface area contributed by atoms with Crippen molar-refractivity contribution in [1.82, 2.24) is 4.98 Å². The first-order chi connectivity index (χ1) is 7.39. The van der Waals surface area contributed by atoms with Gasteiger partial charge in [-0.3, -0.25) is 0 Å². The zero-order chi connectivity index (χ0) is 12.3. The first-order valence-electron chi connectivity index (χ1n) is 3.92. The second-order valence-electron chi connectivity index (χ2n) is 2.62. The molecule has 0 unspecified atom stereocenters. The number of rotatable bonds is 3. The van der Waals surface area contributed by atoms with Crippen molar-refractivity contribution in [2.24, 2.45) is 0 Å². The summed E-state index contributed by atoms with van der Waals surface area (Å²) in [6.45, 7) is 0. The van der Waals surface area contributed by atoms with Crippen LogP contribution in [0.1, 0.15) is 5.56 Å². The van der Waals surface area contributed by atoms with Gasteiger partial charge in [0.2, 0.25) is 5.88 Å². The Morgan fingerprint density at radius 1 is 1.50 bits per heavy atom. The lowest BCUT2D eigenvalue weighted by atomic mass is 10.3. The number of nitrogens with zero attached hydrogens (tertiary/aromatic N) is 1. The Morgan fingerprint density at radius 3 is 2.56 bits per heavy atom. The number of methoxy groups -OCH3 is 1. The Bertz CT molecular complexity index is 386. The van der Waals surface area contributed by atoms with Gasteiger partial charge in [-0.25, -0.2) is 4.98 Å². The van der Waals surface area contributed by atoms with E-state index in [4.69, 9.17) is 16.3 Å². The van der Waals surface area contributed by atoms with E-state index >= 15 is 0 Å². The molecule has 0 N–H and O–H groups in total. The molecule has 0 amide bonds. The summed E-state index contributed by atoms with van der Waals surface area (Å²) in [5, 5.41) is 0. The molecule has 3 nitrogen and oxygen atoms in total. The standard InChI is InChI=1S/C8H6ClF3INO2/c1-15-6-4(2-9)3-14-7(5(6)13)16-8(10,11)12/h3H,2H2,1H3. The van der Waals surface area contributed by atoms with Gasteiger partial charge in [0, 0.05) is 11.8 Å². The van der Waals surface area contributed by atoms with Crippen molar-refractivity contribution in [3.63, 3.8) is 0 Å². The maximum atomic E-state index is 12.0. The Morgan fingerprint density at radius 2 is 2.12 bits per heavy atom. The van der Waals surface area contributed by atoms with Crippen molar-refractivity contribution in [1.29, 1.82) is 0 Å². The van der Waals surface area contributed by atoms with Gasteiger partial charge in [0.1, 0.15) is 9.32 Å². The summed E-state index contributed by atoms with van der Waals surface area (Å²) in [5.41, 5.74) is 0.503. The highest BCUT2D eigenvalue weighted by Gasteiger charge is 2.33. The van der Waals surface area contributed by atoms with Gasteiger partial charge in [-0.2, -0.15) is 0 Å². The third-order valence-corrected chi connectivity index (χ3v) is 2.82. The molecule has 0 aliphatic heterocycles. The molecule has 0 atom stereocenters. The summed E-state index contributed by atoms with van der Waals surface area (Å²) in [7, 11) is 1.34. The van der Waals surface area contributed by atoms with Crippen LogP contribution in [0.4, 0.5) is 13.2 Å². The lowest BCUT2D eigenvalue weighted by Crippen LogP contribution is -2.19. The third kappa shape index (κ3) is 3.27. The number of hydrogen-bond acceptors (Lipinski definition) is 3. The van der Waals surface area contributed by atoms with E-state index in [-0.39, 0.29) is 15.2 Å². The number of alkyl halides is 4. The van der Waals surface area contributed by atoms with E-state index in [1.54, 1.807) is 22.6 Å². The van der Waals surface area contributed by atoms with Crippen LogP contribution in [0.5, 0.6) is 11.6 Å². The molecule has 0 saturated heterocycles. The average Bonchev–Trinajstić information content (AvgIpc) is 2.19. The van der Waals surface area contributed by atoms with Gasteiger partial charge in [-0.15, -0.1) is 24.8 Å². The molecule has 8 heteroatoms. The van der Waals surface area contributed by atoms with E-state index in [0.29, 0.717) is 5.56 Å². The minimum absolute atomic E-state index is 0.0957. The molecule has 16 heavy (non-hydrogen) atoms. The lowest BCUT2D eigenvalue weighted by molar-refractivity contribution is -0.276. The topological polar surface area (TPSA) is 31.4 Å². The highest BCUT2D eigenvalue weighted by atomic mass is 127. The Balaban J connectivity index is 3.14. The first-order valence-corrected chi connectivity index (χ1v) is 5.53. The van der Waals surface area contributed by atoms with Gasteiger partial charge in [0.15, 0.2) is 0 Å². The maximum Gasteiger partial charge on any atom is 0.574 e. The van der Waals surface area contributed by atoms with Crippen molar-refractivity contribution < 1.29 is 22.6 Å². The molecular weight excluding hydrogens is 361 g/mol. The molecule has 1 heterocycles. The molecule has 0 aliphatic rings. The number of ether oxygens (including phenoxy) is 2. The molecular formula is C8H6ClF3INO2. The molecule has 0 radical (unpaired) electrons. The molecule has 0 saturated carbocycles. The van der Waals surface area contributed by atoms with E-state index in [1.807, 2.05) is 0 Å². The van der Waals surface area contributed by atoms with Crippen LogP contribution in [0, 0.1) is 3.57 Å². The molecule has 0 aliphatic carbocycles. The van der Waals surface area contributed by atoms with Crippen LogP contribution in [0.25, 0.3) is 0 Å². The molecule has 0 fully saturated rings. The molecule has 90 valence electrons. The summed E-state index contributed by atoms with van der Waals surface area (Å²) in [6.07, 6.45) is -3.59. The predicted molar refractivity (Wildman–Crippen MR) is 59.7 cm³/mol. The SMILES string of the molecule is COc1c(CCl)cnc(OC(F)(F)F)c1I. The number of hydrogen-bond donors (Lipinski definition) is 0. The van der Waals surface area contributed by atoms with Crippen molar-refractivity contribution in [2.45, 2.75) is 12.2 Å². The van der Waals surface area contributed by atoms with E-state index < -0.39 is 12.2 Å². The van der Waals surface area contributed by atoms with Crippen LogP contribution >= 0.6 is 34.2 Å². The second kappa shape index (κ2) is 5.26. The normalized spacial score (nSPS) is 11.4. The van der Waals surface area contributed by atoms with E-state index in [9.17, 15) is 13.2 Å². The van der Waals surface area contributed by atoms with Crippen molar-refractivity contribution >= 4 is 34.2 Å². The molecule has 0 aromatic carbocycles. The summed E-state index contributed by atoms with van der Waals surface area (Å²) in [6, 6.07) is 0. The van der Waals surface area contributed by atoms with Gasteiger partial charge in [0.05, 0.1) is 13.0 Å². The van der Waals surface area contributed by atoms with E-state index in [0.717, 1.165) is 0 Å². The van der Waals surface area contributed by atoms with Crippen LogP contribution < -0.4 is 9.47 Å². The fraction of sp³-hybridized carbons (Fsp3) is 0.375. The third-order valence-electron chi connectivity index (χ3n) is 1.58. The van der Waals surface area contributed by atoms with Crippen LogP contribution in [-0.4, -0.2) is 18.5 Å². The number of pyridine rings is 1. The zero-order valence-electron chi connectivity index (χ0n) is 7.94. The van der Waals surface area contributed by atoms with Crippen molar-refractivity contribution in [3.05, 3.63) is 15.3 Å². The van der Waals surface area contributed by atoms with Gasteiger partial charge in [-0.05, 0) is 22.6 Å². The Kier molecular flexibility index (Phi) is 4.48. The average molecular weight is 367 g/mol. The lowest BCUT2D eigenvalue weighted by Gasteiger charge is -2.13. The summed E-state index contributed by atoms with van der Waals surface area (Å²) < 4.78 is 44.8. The second-order valence-corrected chi connectivity index (χ2v) is 3.96. The van der Waals surface area contributed by atoms with Crippen LogP contribution in [0.3, 0.4) is 0 Å². The van der Waals surface area contributed by atoms with Crippen LogP contribution in [0.2, 0.25) is 0 Å². The van der Waals surface area contributed by atoms with Crippen molar-refractivity contribution in [3.8, 4) is 11.6 Å². The van der Waals surface area contributed by atoms with Crippen LogP contribution in [0.15, 0.2) is 6.20 Å². The van der Waals surface area contributed by atoms with Gasteiger partial charge in [-0.1, -0.05) is 0 Å². The number of aromatic nitrogens is 1. The smallest absolute Gasteiger partial charge is 0.495 e. The quantitative estimate of drug-likeness (QED) is 0.607. The molecule has 1 rings (SSSR count). The Hall–Kier alpha value is -0.440. The maximum absolute atomic E-state index is 12.0. The summed E-state index contributed by atoms with van der Waals surface area (Å²) in [5.74, 6) is -0.206. The number of halogens is 5. The zero-order valence-corrected chi connectivity index (χ0v) is 10.9. The molecule has 0 spiro atoms. The molecule has 0 bridgehead atoms. The van der Waals surface area contributed by atoms with Crippen molar-refractivity contribution in [2.75, 3.05) is 7.11 Å². The molecule has 1 aromatic rings. The fourth-order valence-corrected chi connectivity index (χ4v) is 1.99. The largest absolute Gasteiger partial charge is 0.574 e. The summed E-state index contributed by atoms with van der Waals surface area (Å²) >= 11 is 7.24. The van der Waals surface area contributed by atoms with Gasteiger partial charge >= 0.3 is 6.36 Å². The highest BCUT2D eigenvalue weighted by molar-refractivity contribution is 14.1. The monoisotopic (exact) mass is 367 g/mol. The van der Waals surface area contributed by atoms with Gasteiger partial charge in [0.25, 0.3) is 0 Å². The van der Waals surface area contributed by atoms with E-state index in [2.05, 4.69) is 9.72 Å². The summed E-state index contributed by atoms with van der Waals surface area (Å²) in [4.78, 5) is 3.53.